The van der Waals surface area contributed by atoms with E-state index in [4.69, 9.17) is 10.9 Å². The second kappa shape index (κ2) is 5.50. The van der Waals surface area contributed by atoms with Gasteiger partial charge >= 0.3 is 0 Å². The lowest BCUT2D eigenvalue weighted by Crippen LogP contribution is -2.25. The van der Waals surface area contributed by atoms with E-state index in [9.17, 15) is 0 Å². The van der Waals surface area contributed by atoms with Gasteiger partial charge in [-0.15, -0.1) is 0 Å². The van der Waals surface area contributed by atoms with E-state index in [0.717, 1.165) is 12.2 Å². The number of hydrogen-bond acceptors (Lipinski definition) is 5. The predicted molar refractivity (Wildman–Crippen MR) is 80.3 cm³/mol. The maximum atomic E-state index is 8.76. The summed E-state index contributed by atoms with van der Waals surface area (Å²) >= 11 is 1.71. The zero-order valence-corrected chi connectivity index (χ0v) is 11.8. The Morgan fingerprint density at radius 3 is 3.00 bits per heavy atom. The van der Waals surface area contributed by atoms with Crippen molar-refractivity contribution < 1.29 is 5.21 Å². The van der Waals surface area contributed by atoms with Crippen molar-refractivity contribution in [1.82, 2.24) is 4.98 Å². The van der Waals surface area contributed by atoms with Gasteiger partial charge < -0.3 is 15.8 Å². The summed E-state index contributed by atoms with van der Waals surface area (Å²) in [6, 6.07) is 6.57. The van der Waals surface area contributed by atoms with Crippen LogP contribution in [0, 0.1) is 0 Å². The smallest absolute Gasteiger partial charge is 0.188 e. The van der Waals surface area contributed by atoms with Gasteiger partial charge in [0.1, 0.15) is 5.69 Å². The molecule has 2 aromatic rings. The fourth-order valence-electron chi connectivity index (χ4n) is 2.19. The van der Waals surface area contributed by atoms with Crippen LogP contribution in [0.25, 0.3) is 0 Å². The topological polar surface area (TPSA) is 74.7 Å². The van der Waals surface area contributed by atoms with Gasteiger partial charge in [-0.05, 0) is 47.4 Å². The lowest BCUT2D eigenvalue weighted by Gasteiger charge is -2.24. The van der Waals surface area contributed by atoms with Crippen LogP contribution < -0.4 is 10.6 Å². The summed E-state index contributed by atoms with van der Waals surface area (Å²) in [5.74, 6) is 0.0399. The molecule has 104 valence electrons. The Bertz CT molecular complexity index is 607. The van der Waals surface area contributed by atoms with Crippen molar-refractivity contribution in [1.29, 1.82) is 0 Å². The lowest BCUT2D eigenvalue weighted by molar-refractivity contribution is 0.318. The average molecular weight is 288 g/mol. The van der Waals surface area contributed by atoms with Gasteiger partial charge in [0, 0.05) is 24.5 Å². The first-order valence-corrected chi connectivity index (χ1v) is 7.44. The lowest BCUT2D eigenvalue weighted by atomic mass is 10.2. The summed E-state index contributed by atoms with van der Waals surface area (Å²) in [5.41, 5.74) is 8.49. The molecule has 1 saturated carbocycles. The number of anilines is 1. The van der Waals surface area contributed by atoms with Gasteiger partial charge in [-0.3, -0.25) is 4.98 Å². The number of pyridine rings is 1. The van der Waals surface area contributed by atoms with Crippen LogP contribution in [-0.4, -0.2) is 22.1 Å². The molecule has 0 amide bonds. The van der Waals surface area contributed by atoms with Crippen LogP contribution in [0.1, 0.15) is 24.1 Å². The highest BCUT2D eigenvalue weighted by atomic mass is 32.1. The minimum Gasteiger partial charge on any atom is -0.409 e. The Kier molecular flexibility index (Phi) is 3.56. The molecule has 5 nitrogen and oxygen atoms in total. The number of aromatic nitrogens is 1. The molecule has 0 bridgehead atoms. The van der Waals surface area contributed by atoms with Crippen LogP contribution in [0.3, 0.4) is 0 Å². The summed E-state index contributed by atoms with van der Waals surface area (Å²) in [6.07, 6.45) is 4.13. The molecule has 0 aliphatic heterocycles. The Labute approximate surface area is 121 Å². The van der Waals surface area contributed by atoms with Crippen LogP contribution in [0.5, 0.6) is 0 Å². The molecule has 0 unspecified atom stereocenters. The molecule has 3 N–H and O–H groups in total. The fourth-order valence-corrected chi connectivity index (χ4v) is 2.85. The maximum Gasteiger partial charge on any atom is 0.188 e. The molecule has 1 aliphatic rings. The van der Waals surface area contributed by atoms with Crippen molar-refractivity contribution in [2.24, 2.45) is 10.9 Å². The van der Waals surface area contributed by atoms with Crippen molar-refractivity contribution in [3.8, 4) is 0 Å². The molecule has 0 radical (unpaired) electrons. The minimum atomic E-state index is 0.0399. The standard InChI is InChI=1S/C14H16N4OS/c15-14(17-19)13-7-12(3-5-16-13)18(11-1-2-11)8-10-4-6-20-9-10/h3-7,9,11,19H,1-2,8H2,(H2,15,17). The number of amidine groups is 1. The number of rotatable bonds is 5. The Morgan fingerprint density at radius 1 is 1.50 bits per heavy atom. The first-order chi connectivity index (χ1) is 9.78. The third-order valence-electron chi connectivity index (χ3n) is 3.37. The van der Waals surface area contributed by atoms with Gasteiger partial charge in [0.2, 0.25) is 0 Å². The number of nitrogens with zero attached hydrogens (tertiary/aromatic N) is 3. The van der Waals surface area contributed by atoms with E-state index >= 15 is 0 Å². The van der Waals surface area contributed by atoms with Crippen LogP contribution in [-0.2, 0) is 6.54 Å². The van der Waals surface area contributed by atoms with Gasteiger partial charge in [0.15, 0.2) is 5.84 Å². The predicted octanol–water partition coefficient (Wildman–Crippen LogP) is 2.41. The van der Waals surface area contributed by atoms with E-state index in [-0.39, 0.29) is 5.84 Å². The van der Waals surface area contributed by atoms with Crippen molar-refractivity contribution in [3.63, 3.8) is 0 Å². The zero-order chi connectivity index (χ0) is 13.9. The largest absolute Gasteiger partial charge is 0.409 e. The van der Waals surface area contributed by atoms with Crippen LogP contribution in [0.4, 0.5) is 5.69 Å². The molecule has 2 heterocycles. The normalized spacial score (nSPS) is 15.3. The first kappa shape index (κ1) is 12.9. The summed E-state index contributed by atoms with van der Waals surface area (Å²) in [7, 11) is 0. The summed E-state index contributed by atoms with van der Waals surface area (Å²) < 4.78 is 0. The number of nitrogens with two attached hydrogens (primary N) is 1. The summed E-state index contributed by atoms with van der Waals surface area (Å²) in [4.78, 5) is 6.49. The van der Waals surface area contributed by atoms with Gasteiger partial charge in [-0.1, -0.05) is 5.16 Å². The van der Waals surface area contributed by atoms with E-state index in [2.05, 4.69) is 31.9 Å². The second-order valence-corrected chi connectivity index (χ2v) is 5.66. The van der Waals surface area contributed by atoms with E-state index in [1.54, 1.807) is 17.5 Å². The number of oxime groups is 1. The minimum absolute atomic E-state index is 0.0399. The van der Waals surface area contributed by atoms with Gasteiger partial charge in [-0.25, -0.2) is 0 Å². The highest BCUT2D eigenvalue weighted by Gasteiger charge is 2.29. The SMILES string of the molecule is NC(=NO)c1cc(N(Cc2ccsc2)C2CC2)ccn1. The molecule has 0 atom stereocenters. The Hall–Kier alpha value is -2.08. The van der Waals surface area contributed by atoms with E-state index in [1.807, 2.05) is 12.1 Å². The van der Waals surface area contributed by atoms with Crippen LogP contribution >= 0.6 is 11.3 Å². The molecule has 0 aromatic carbocycles. The van der Waals surface area contributed by atoms with Crippen molar-refractivity contribution in [3.05, 3.63) is 46.4 Å². The molecule has 0 spiro atoms. The molecule has 20 heavy (non-hydrogen) atoms. The van der Waals surface area contributed by atoms with Crippen LogP contribution in [0.15, 0.2) is 40.3 Å². The molecule has 3 rings (SSSR count). The molecule has 6 heteroatoms. The highest BCUT2D eigenvalue weighted by molar-refractivity contribution is 7.07. The van der Waals surface area contributed by atoms with Crippen molar-refractivity contribution >= 4 is 22.9 Å². The van der Waals surface area contributed by atoms with Crippen molar-refractivity contribution in [2.75, 3.05) is 4.90 Å². The quantitative estimate of drug-likeness (QED) is 0.383. The van der Waals surface area contributed by atoms with Gasteiger partial charge in [0.05, 0.1) is 0 Å². The highest BCUT2D eigenvalue weighted by Crippen LogP contribution is 2.33. The monoisotopic (exact) mass is 288 g/mol. The Balaban J connectivity index is 1.87. The zero-order valence-electron chi connectivity index (χ0n) is 10.9. The van der Waals surface area contributed by atoms with Gasteiger partial charge in [-0.2, -0.15) is 11.3 Å². The summed E-state index contributed by atoms with van der Waals surface area (Å²) in [5, 5.41) is 16.0. The van der Waals surface area contributed by atoms with Crippen molar-refractivity contribution in [2.45, 2.75) is 25.4 Å². The van der Waals surface area contributed by atoms with Crippen LogP contribution in [0.2, 0.25) is 0 Å². The van der Waals surface area contributed by atoms with Gasteiger partial charge in [0.25, 0.3) is 0 Å². The number of thiophene rings is 1. The van der Waals surface area contributed by atoms with E-state index in [0.29, 0.717) is 11.7 Å². The fraction of sp³-hybridized carbons (Fsp3) is 0.286. The molecule has 0 saturated heterocycles. The third-order valence-corrected chi connectivity index (χ3v) is 4.10. The molecule has 1 fully saturated rings. The summed E-state index contributed by atoms with van der Waals surface area (Å²) in [6.45, 7) is 0.883. The number of hydrogen-bond donors (Lipinski definition) is 2. The third kappa shape index (κ3) is 2.75. The maximum absolute atomic E-state index is 8.76. The van der Waals surface area contributed by atoms with E-state index < -0.39 is 0 Å². The first-order valence-electron chi connectivity index (χ1n) is 6.49. The van der Waals surface area contributed by atoms with E-state index in [1.165, 1.54) is 18.4 Å². The molecule has 1 aliphatic carbocycles. The average Bonchev–Trinajstić information content (AvgIpc) is 3.20. The molecular formula is C14H16N4OS. The Morgan fingerprint density at radius 2 is 2.35 bits per heavy atom. The molecule has 2 aromatic heterocycles. The molecular weight excluding hydrogens is 272 g/mol. The second-order valence-electron chi connectivity index (χ2n) is 4.88.